The number of hydrogen-bond donors (Lipinski definition) is 0. The molecule has 356 valence electrons. The van der Waals surface area contributed by atoms with Gasteiger partial charge in [-0.25, -0.2) is 0 Å². The van der Waals surface area contributed by atoms with E-state index < -0.39 is 0 Å². The Morgan fingerprint density at radius 3 is 1.61 bits per heavy atom. The van der Waals surface area contributed by atoms with Crippen molar-refractivity contribution in [3.63, 3.8) is 0 Å². The van der Waals surface area contributed by atoms with E-state index in [4.69, 9.17) is 0 Å². The van der Waals surface area contributed by atoms with Gasteiger partial charge in [-0.2, -0.15) is 0 Å². The first-order valence-corrected chi connectivity index (χ1v) is 26.3. The van der Waals surface area contributed by atoms with Gasteiger partial charge in [0.2, 0.25) is 0 Å². The van der Waals surface area contributed by atoms with Crippen LogP contribution < -0.4 is 31.1 Å². The number of anilines is 8. The third kappa shape index (κ3) is 7.20. The van der Waals surface area contributed by atoms with Crippen LogP contribution in [0.2, 0.25) is 0 Å². The van der Waals surface area contributed by atoms with Gasteiger partial charge in [0, 0.05) is 45.2 Å². The molecule has 0 aromatic heterocycles. The van der Waals surface area contributed by atoms with Crippen LogP contribution in [0.4, 0.5) is 45.5 Å². The van der Waals surface area contributed by atoms with Gasteiger partial charge in [-0.3, -0.25) is 0 Å². The van der Waals surface area contributed by atoms with Crippen LogP contribution in [0.15, 0.2) is 146 Å². The van der Waals surface area contributed by atoms with Crippen LogP contribution in [0.1, 0.15) is 150 Å². The van der Waals surface area contributed by atoms with Gasteiger partial charge in [-0.15, -0.1) is 0 Å². The third-order valence-electron chi connectivity index (χ3n) is 17.2. The number of nitrogens with zero attached hydrogens (tertiary/aromatic N) is 3. The van der Waals surface area contributed by atoms with Gasteiger partial charge < -0.3 is 14.7 Å². The highest BCUT2D eigenvalue weighted by molar-refractivity contribution is 7.00. The van der Waals surface area contributed by atoms with Crippen molar-refractivity contribution in [1.82, 2.24) is 0 Å². The van der Waals surface area contributed by atoms with Crippen molar-refractivity contribution in [3.8, 4) is 11.1 Å². The summed E-state index contributed by atoms with van der Waals surface area (Å²) in [5, 5.41) is 0. The average Bonchev–Trinajstić information content (AvgIpc) is 3.52. The zero-order valence-corrected chi connectivity index (χ0v) is 44.6. The fourth-order valence-corrected chi connectivity index (χ4v) is 12.8. The van der Waals surface area contributed by atoms with Crippen LogP contribution in [0.3, 0.4) is 0 Å². The molecule has 11 rings (SSSR count). The van der Waals surface area contributed by atoms with E-state index in [2.05, 4.69) is 257 Å². The monoisotopic (exact) mass is 920 g/mol. The maximum Gasteiger partial charge on any atom is 0.252 e. The molecule has 2 unspecified atom stereocenters. The molecule has 1 saturated carbocycles. The standard InChI is InChI=1S/C66H74BN3/c1-61(2,3)45-25-30-49(31-26-45)68(50-32-27-46(28-33-50)62(4,5)6)52-41-57-59-58(42-52)70-60-53(65(13)35-18-19-36-66(65,70)14)37-44(43-21-16-15-17-22-43)38-55(60)67(59)54-34-29-48(64(10,11)12)40-56(54)69(57)51-24-20-23-47(39-51)63(7,8)9/h15-17,20-34,37-42H,18-19,35-36H2,1-14H3. The van der Waals surface area contributed by atoms with Gasteiger partial charge >= 0.3 is 0 Å². The van der Waals surface area contributed by atoms with Gasteiger partial charge in [-0.05, 0) is 157 Å². The summed E-state index contributed by atoms with van der Waals surface area (Å²) >= 11 is 0. The van der Waals surface area contributed by atoms with E-state index in [1.807, 2.05) is 0 Å². The quantitative estimate of drug-likeness (QED) is 0.159. The second kappa shape index (κ2) is 15.8. The highest BCUT2D eigenvalue weighted by atomic mass is 15.3. The molecule has 3 heterocycles. The Hall–Kier alpha value is -6.00. The minimum atomic E-state index is -0.143. The Kier molecular flexibility index (Phi) is 10.4. The first kappa shape index (κ1) is 46.4. The van der Waals surface area contributed by atoms with Crippen molar-refractivity contribution in [2.75, 3.05) is 14.7 Å². The maximum atomic E-state index is 2.90. The molecule has 1 aliphatic carbocycles. The first-order chi connectivity index (χ1) is 33.0. The lowest BCUT2D eigenvalue weighted by Crippen LogP contribution is -2.64. The number of benzene rings is 7. The Morgan fingerprint density at radius 2 is 1.01 bits per heavy atom. The molecular formula is C66H74BN3. The second-order valence-electron chi connectivity index (χ2n) is 25.9. The zero-order chi connectivity index (χ0) is 49.5. The minimum absolute atomic E-state index is 0.0247. The van der Waals surface area contributed by atoms with Crippen LogP contribution in [0.5, 0.6) is 0 Å². The lowest BCUT2D eigenvalue weighted by molar-refractivity contribution is 0.195. The van der Waals surface area contributed by atoms with E-state index in [1.54, 1.807) is 0 Å². The van der Waals surface area contributed by atoms with E-state index in [0.717, 1.165) is 17.8 Å². The average molecular weight is 920 g/mol. The summed E-state index contributed by atoms with van der Waals surface area (Å²) in [4.78, 5) is 8.10. The van der Waals surface area contributed by atoms with E-state index in [1.165, 1.54) is 109 Å². The highest BCUT2D eigenvalue weighted by Gasteiger charge is 2.61. The summed E-state index contributed by atoms with van der Waals surface area (Å²) in [5.74, 6) is 0. The fourth-order valence-electron chi connectivity index (χ4n) is 12.8. The summed E-state index contributed by atoms with van der Waals surface area (Å²) in [7, 11) is 0. The summed E-state index contributed by atoms with van der Waals surface area (Å²) in [5.41, 5.74) is 23.5. The van der Waals surface area contributed by atoms with Crippen molar-refractivity contribution < 1.29 is 0 Å². The fraction of sp³-hybridized carbons (Fsp3) is 0.364. The molecule has 4 heteroatoms. The lowest BCUT2D eigenvalue weighted by atomic mass is 9.33. The predicted molar refractivity (Wildman–Crippen MR) is 304 cm³/mol. The molecule has 7 aromatic rings. The second-order valence-corrected chi connectivity index (χ2v) is 25.9. The molecule has 0 spiro atoms. The number of hydrogen-bond acceptors (Lipinski definition) is 3. The highest BCUT2D eigenvalue weighted by Crippen LogP contribution is 2.63. The van der Waals surface area contributed by atoms with Crippen molar-refractivity contribution in [2.24, 2.45) is 0 Å². The first-order valence-electron chi connectivity index (χ1n) is 26.3. The molecule has 3 aliphatic heterocycles. The van der Waals surface area contributed by atoms with E-state index in [9.17, 15) is 0 Å². The summed E-state index contributed by atoms with van der Waals surface area (Å²) in [6.45, 7) is 33.2. The van der Waals surface area contributed by atoms with Crippen molar-refractivity contribution >= 4 is 68.6 Å². The van der Waals surface area contributed by atoms with Crippen molar-refractivity contribution in [3.05, 3.63) is 173 Å². The van der Waals surface area contributed by atoms with Crippen LogP contribution >= 0.6 is 0 Å². The number of rotatable bonds is 5. The SMILES string of the molecule is CC(C)(C)c1ccc(N(c2ccc(C(C)(C)C)cc2)c2cc3c4c(c2)N2c5c(cc(-c6ccccc6)cc5C5(C)CCCCC25C)B4c2ccc(C(C)(C)C)cc2N3c2cccc(C(C)(C)C)c2)cc1. The molecule has 0 radical (unpaired) electrons. The minimum Gasteiger partial charge on any atom is -0.335 e. The largest absolute Gasteiger partial charge is 0.335 e. The van der Waals surface area contributed by atoms with Gasteiger partial charge in [0.25, 0.3) is 6.71 Å². The molecule has 0 N–H and O–H groups in total. The molecule has 0 bridgehead atoms. The molecule has 3 nitrogen and oxygen atoms in total. The van der Waals surface area contributed by atoms with Gasteiger partial charge in [0.1, 0.15) is 0 Å². The molecule has 1 fully saturated rings. The zero-order valence-electron chi connectivity index (χ0n) is 44.6. The smallest absolute Gasteiger partial charge is 0.252 e. The molecule has 70 heavy (non-hydrogen) atoms. The molecule has 4 aliphatic rings. The van der Waals surface area contributed by atoms with Gasteiger partial charge in [-0.1, -0.05) is 188 Å². The van der Waals surface area contributed by atoms with Crippen molar-refractivity contribution in [1.29, 1.82) is 0 Å². The summed E-state index contributed by atoms with van der Waals surface area (Å²) in [6, 6.07) is 57.2. The molecule has 7 aromatic carbocycles. The normalized spacial score (nSPS) is 19.4. The van der Waals surface area contributed by atoms with Crippen molar-refractivity contribution in [2.45, 2.75) is 155 Å². The lowest BCUT2D eigenvalue weighted by Gasteiger charge is -2.53. The van der Waals surface area contributed by atoms with E-state index in [0.29, 0.717) is 0 Å². The van der Waals surface area contributed by atoms with Crippen LogP contribution in [0, 0.1) is 0 Å². The molecule has 2 atom stereocenters. The van der Waals surface area contributed by atoms with E-state index in [-0.39, 0.29) is 39.3 Å². The van der Waals surface area contributed by atoms with E-state index >= 15 is 0 Å². The van der Waals surface area contributed by atoms with Crippen LogP contribution in [-0.2, 0) is 27.1 Å². The van der Waals surface area contributed by atoms with Crippen LogP contribution in [0.25, 0.3) is 11.1 Å². The Labute approximate surface area is 421 Å². The van der Waals surface area contributed by atoms with Gasteiger partial charge in [0.05, 0.1) is 11.2 Å². The maximum absolute atomic E-state index is 2.90. The Balaban J connectivity index is 1.28. The Bertz CT molecular complexity index is 3120. The Morgan fingerprint density at radius 1 is 0.457 bits per heavy atom. The van der Waals surface area contributed by atoms with Gasteiger partial charge in [0.15, 0.2) is 0 Å². The molecule has 0 amide bonds. The molecule has 0 saturated heterocycles. The number of fused-ring (bicyclic) bond motifs is 7. The summed E-state index contributed by atoms with van der Waals surface area (Å²) < 4.78 is 0. The van der Waals surface area contributed by atoms with Crippen LogP contribution in [-0.4, -0.2) is 12.3 Å². The molecular weight excluding hydrogens is 846 g/mol. The predicted octanol–water partition coefficient (Wildman–Crippen LogP) is 16.4. The topological polar surface area (TPSA) is 9.72 Å². The third-order valence-corrected chi connectivity index (χ3v) is 17.2. The summed E-state index contributed by atoms with van der Waals surface area (Å²) in [6.07, 6.45) is 4.77.